The molecule has 1 heterocycles. The first kappa shape index (κ1) is 14.9. The predicted octanol–water partition coefficient (Wildman–Crippen LogP) is 0.176. The average Bonchev–Trinajstić information content (AvgIpc) is 2.41. The van der Waals surface area contributed by atoms with Crippen LogP contribution in [0.25, 0.3) is 0 Å². The minimum absolute atomic E-state index is 0.548. The van der Waals surface area contributed by atoms with Crippen LogP contribution in [0.4, 0.5) is 0 Å². The third-order valence-electron chi connectivity index (χ3n) is 3.65. The van der Waals surface area contributed by atoms with Crippen LogP contribution in [0.2, 0.25) is 10.0 Å². The highest BCUT2D eigenvalue weighted by molar-refractivity contribution is 6.42. The Balaban J connectivity index is 1.65. The summed E-state index contributed by atoms with van der Waals surface area (Å²) < 4.78 is 5.69. The van der Waals surface area contributed by atoms with Crippen LogP contribution in [0.3, 0.4) is 0 Å². The zero-order chi connectivity index (χ0) is 13.7. The number of piperazine rings is 1. The summed E-state index contributed by atoms with van der Waals surface area (Å²) in [7, 11) is 2.27. The standard InChI is InChI=1S/C14H20Cl2N2O/c1-17-6-8-18(9-7-17)5-2-10-19-12-3-4-13(15)14(16)11-12/h3-4,11H,2,5-10H2,1H3/p+2. The third kappa shape index (κ3) is 4.84. The van der Waals surface area contributed by atoms with Crippen molar-refractivity contribution in [1.29, 1.82) is 0 Å². The summed E-state index contributed by atoms with van der Waals surface area (Å²) in [5, 5.41) is 1.12. The Labute approximate surface area is 125 Å². The van der Waals surface area contributed by atoms with Crippen LogP contribution in [-0.4, -0.2) is 46.4 Å². The number of nitrogens with one attached hydrogen (secondary N) is 2. The third-order valence-corrected chi connectivity index (χ3v) is 4.38. The van der Waals surface area contributed by atoms with Crippen molar-refractivity contribution in [3.05, 3.63) is 28.2 Å². The van der Waals surface area contributed by atoms with Gasteiger partial charge in [0.05, 0.1) is 30.2 Å². The molecule has 0 atom stereocenters. The van der Waals surface area contributed by atoms with E-state index in [4.69, 9.17) is 27.9 Å². The average molecular weight is 305 g/mol. The Morgan fingerprint density at radius 3 is 2.53 bits per heavy atom. The van der Waals surface area contributed by atoms with Crippen molar-refractivity contribution in [1.82, 2.24) is 0 Å². The maximum atomic E-state index is 5.94. The van der Waals surface area contributed by atoms with Gasteiger partial charge in [0.1, 0.15) is 31.9 Å². The molecule has 0 spiro atoms. The summed E-state index contributed by atoms with van der Waals surface area (Å²) in [5.41, 5.74) is 0. The van der Waals surface area contributed by atoms with E-state index in [-0.39, 0.29) is 0 Å². The summed E-state index contributed by atoms with van der Waals surface area (Å²) in [6.45, 7) is 7.04. The lowest BCUT2D eigenvalue weighted by atomic mass is 10.3. The number of quaternary nitrogens is 2. The van der Waals surface area contributed by atoms with Gasteiger partial charge in [-0.2, -0.15) is 0 Å². The summed E-state index contributed by atoms with van der Waals surface area (Å²) in [6.07, 6.45) is 1.08. The molecule has 1 aromatic carbocycles. The molecule has 1 aromatic rings. The van der Waals surface area contributed by atoms with E-state index < -0.39 is 0 Å². The first-order chi connectivity index (χ1) is 9.15. The van der Waals surface area contributed by atoms with Gasteiger partial charge in [-0.1, -0.05) is 23.2 Å². The zero-order valence-corrected chi connectivity index (χ0v) is 12.9. The molecular formula is C14H22Cl2N2O+2. The van der Waals surface area contributed by atoms with Crippen LogP contribution in [0.1, 0.15) is 6.42 Å². The van der Waals surface area contributed by atoms with E-state index in [1.54, 1.807) is 21.9 Å². The first-order valence-electron chi connectivity index (χ1n) is 6.88. The summed E-state index contributed by atoms with van der Waals surface area (Å²) in [5.74, 6) is 0.798. The lowest BCUT2D eigenvalue weighted by molar-refractivity contribution is -1.00. The molecule has 106 valence electrons. The summed E-state index contributed by atoms with van der Waals surface area (Å²) in [6, 6.07) is 5.41. The minimum atomic E-state index is 0.548. The first-order valence-corrected chi connectivity index (χ1v) is 7.63. The van der Waals surface area contributed by atoms with Crippen molar-refractivity contribution >= 4 is 23.2 Å². The van der Waals surface area contributed by atoms with Crippen LogP contribution in [0.5, 0.6) is 5.75 Å². The normalized spacial score (nSPS) is 23.3. The van der Waals surface area contributed by atoms with Gasteiger partial charge in [-0.15, -0.1) is 0 Å². The summed E-state index contributed by atoms with van der Waals surface area (Å²) in [4.78, 5) is 3.35. The number of hydrogen-bond donors (Lipinski definition) is 2. The zero-order valence-electron chi connectivity index (χ0n) is 11.3. The Bertz CT molecular complexity index is 406. The molecule has 1 saturated heterocycles. The fourth-order valence-corrected chi connectivity index (χ4v) is 2.65. The van der Waals surface area contributed by atoms with E-state index >= 15 is 0 Å². The van der Waals surface area contributed by atoms with Crippen LogP contribution in [0.15, 0.2) is 18.2 Å². The number of hydrogen-bond acceptors (Lipinski definition) is 1. The number of ether oxygens (including phenoxy) is 1. The van der Waals surface area contributed by atoms with Gasteiger partial charge in [0.15, 0.2) is 0 Å². The van der Waals surface area contributed by atoms with Gasteiger partial charge in [-0.05, 0) is 12.1 Å². The molecule has 0 aromatic heterocycles. The van der Waals surface area contributed by atoms with E-state index in [2.05, 4.69) is 7.05 Å². The van der Waals surface area contributed by atoms with Gasteiger partial charge in [-0.3, -0.25) is 0 Å². The molecule has 1 fully saturated rings. The van der Waals surface area contributed by atoms with E-state index in [0.29, 0.717) is 10.0 Å². The number of halogens is 2. The largest absolute Gasteiger partial charge is 0.493 e. The monoisotopic (exact) mass is 304 g/mol. The highest BCUT2D eigenvalue weighted by Crippen LogP contribution is 2.26. The predicted molar refractivity (Wildman–Crippen MR) is 78.8 cm³/mol. The van der Waals surface area contributed by atoms with Gasteiger partial charge in [0.2, 0.25) is 0 Å². The van der Waals surface area contributed by atoms with Crippen LogP contribution < -0.4 is 14.5 Å². The second kappa shape index (κ2) is 7.34. The smallest absolute Gasteiger partial charge is 0.127 e. The van der Waals surface area contributed by atoms with Crippen LogP contribution in [0, 0.1) is 0 Å². The van der Waals surface area contributed by atoms with E-state index in [1.807, 2.05) is 6.07 Å². The fourth-order valence-electron chi connectivity index (χ4n) is 2.36. The highest BCUT2D eigenvalue weighted by Gasteiger charge is 2.18. The lowest BCUT2D eigenvalue weighted by Crippen LogP contribution is -3.27. The van der Waals surface area contributed by atoms with Gasteiger partial charge in [0, 0.05) is 12.5 Å². The van der Waals surface area contributed by atoms with E-state index in [0.717, 1.165) is 18.8 Å². The molecule has 2 rings (SSSR count). The van der Waals surface area contributed by atoms with Crippen molar-refractivity contribution in [2.45, 2.75) is 6.42 Å². The molecule has 5 heteroatoms. The molecule has 0 saturated carbocycles. The lowest BCUT2D eigenvalue weighted by Gasteiger charge is -2.27. The maximum Gasteiger partial charge on any atom is 0.127 e. The van der Waals surface area contributed by atoms with Gasteiger partial charge < -0.3 is 14.5 Å². The molecule has 0 bridgehead atoms. The van der Waals surface area contributed by atoms with Gasteiger partial charge in [0.25, 0.3) is 0 Å². The Morgan fingerprint density at radius 2 is 1.84 bits per heavy atom. The molecule has 0 amide bonds. The Morgan fingerprint density at radius 1 is 1.11 bits per heavy atom. The molecule has 0 aliphatic carbocycles. The molecule has 2 N–H and O–H groups in total. The van der Waals surface area contributed by atoms with Crippen molar-refractivity contribution in [2.75, 3.05) is 46.4 Å². The molecule has 3 nitrogen and oxygen atoms in total. The van der Waals surface area contributed by atoms with Gasteiger partial charge in [-0.25, -0.2) is 0 Å². The molecule has 1 aliphatic rings. The van der Waals surface area contributed by atoms with Crippen molar-refractivity contribution < 1.29 is 14.5 Å². The van der Waals surface area contributed by atoms with Crippen LogP contribution >= 0.6 is 23.2 Å². The fraction of sp³-hybridized carbons (Fsp3) is 0.571. The van der Waals surface area contributed by atoms with E-state index in [1.165, 1.54) is 32.7 Å². The second-order valence-electron chi connectivity index (χ2n) is 5.24. The number of likely N-dealkylation sites (N-methyl/N-ethyl adjacent to an activating group) is 1. The molecule has 0 unspecified atom stereocenters. The molecule has 0 radical (unpaired) electrons. The maximum absolute atomic E-state index is 5.94. The van der Waals surface area contributed by atoms with Crippen molar-refractivity contribution in [3.8, 4) is 5.75 Å². The molecule has 19 heavy (non-hydrogen) atoms. The van der Waals surface area contributed by atoms with Crippen LogP contribution in [-0.2, 0) is 0 Å². The second-order valence-corrected chi connectivity index (χ2v) is 6.05. The molecular weight excluding hydrogens is 283 g/mol. The quantitative estimate of drug-likeness (QED) is 0.743. The van der Waals surface area contributed by atoms with E-state index in [9.17, 15) is 0 Å². The highest BCUT2D eigenvalue weighted by atomic mass is 35.5. The van der Waals surface area contributed by atoms with Gasteiger partial charge >= 0.3 is 0 Å². The molecule has 1 aliphatic heterocycles. The topological polar surface area (TPSA) is 18.1 Å². The Hall–Kier alpha value is -0.480. The number of rotatable bonds is 5. The SMILES string of the molecule is C[NH+]1CC[NH+](CCCOc2ccc(Cl)c(Cl)c2)CC1. The van der Waals surface area contributed by atoms with Crippen molar-refractivity contribution in [2.24, 2.45) is 0 Å². The minimum Gasteiger partial charge on any atom is -0.493 e. The summed E-state index contributed by atoms with van der Waals surface area (Å²) >= 11 is 11.8. The Kier molecular flexibility index (Phi) is 5.76. The number of benzene rings is 1. The van der Waals surface area contributed by atoms with Crippen molar-refractivity contribution in [3.63, 3.8) is 0 Å².